The molecule has 2 aromatic carbocycles. The van der Waals surface area contributed by atoms with E-state index in [2.05, 4.69) is 19.7 Å². The van der Waals surface area contributed by atoms with Crippen molar-refractivity contribution in [2.45, 2.75) is 58.4 Å². The van der Waals surface area contributed by atoms with Crippen molar-refractivity contribution < 1.29 is 78.9 Å². The number of halogens is 1. The van der Waals surface area contributed by atoms with Crippen LogP contribution < -0.4 is 14.2 Å². The Morgan fingerprint density at radius 1 is 0.793 bits per heavy atom. The van der Waals surface area contributed by atoms with Gasteiger partial charge in [-0.2, -0.15) is 4.21 Å². The average molecular weight is 842 g/mol. The lowest BCUT2D eigenvalue weighted by molar-refractivity contribution is -0.288. The number of hydrogen-bond donors (Lipinski definition) is 1. The molecule has 1 saturated heterocycles. The Balaban J connectivity index is 1.86. The number of amides is 1. The van der Waals surface area contributed by atoms with Crippen LogP contribution in [0.3, 0.4) is 0 Å². The highest BCUT2D eigenvalue weighted by atomic mass is 32.3. The summed E-state index contributed by atoms with van der Waals surface area (Å²) in [6.07, 6.45) is -7.98. The molecule has 0 spiro atoms. The summed E-state index contributed by atoms with van der Waals surface area (Å²) in [7, 11) is -5.05. The first-order valence-corrected chi connectivity index (χ1v) is 18.9. The molecule has 1 N–H and O–H groups in total. The molecule has 3 rings (SSSR count). The van der Waals surface area contributed by atoms with Crippen LogP contribution in [0.2, 0.25) is 0 Å². The number of benzene rings is 2. The number of esters is 4. The monoisotopic (exact) mass is 841 g/mol. The maximum Gasteiger partial charge on any atom is 0.382 e. The van der Waals surface area contributed by atoms with Gasteiger partial charge in [-0.15, -0.1) is 4.36 Å². The Hall–Kier alpha value is -5.58. The topological polar surface area (TPSA) is 268 Å². The Kier molecular flexibility index (Phi) is 19.6. The van der Waals surface area contributed by atoms with Gasteiger partial charge in [0.2, 0.25) is 12.4 Å². The molecule has 1 heterocycles. The van der Waals surface area contributed by atoms with E-state index < -0.39 is 89.0 Å². The van der Waals surface area contributed by atoms with E-state index in [-0.39, 0.29) is 57.4 Å². The summed E-state index contributed by atoms with van der Waals surface area (Å²) in [5.74, 6) is -5.19. The second kappa shape index (κ2) is 24.2. The normalized spacial score (nSPS) is 19.6. The highest BCUT2D eigenvalue weighted by molar-refractivity contribution is 7.84. The molecule has 21 nitrogen and oxygen atoms in total. The minimum Gasteiger partial charge on any atom is -0.463 e. The molecule has 1 aliphatic heterocycles. The van der Waals surface area contributed by atoms with Crippen LogP contribution in [0.1, 0.15) is 38.1 Å². The van der Waals surface area contributed by atoms with Gasteiger partial charge in [-0.3, -0.25) is 24.0 Å². The lowest BCUT2D eigenvalue weighted by atomic mass is 9.98. The van der Waals surface area contributed by atoms with Crippen LogP contribution in [0.15, 0.2) is 58.0 Å². The van der Waals surface area contributed by atoms with Crippen molar-refractivity contribution in [2.24, 2.45) is 9.48 Å². The van der Waals surface area contributed by atoms with Crippen molar-refractivity contribution in [1.29, 1.82) is 0 Å². The second-order valence-corrected chi connectivity index (χ2v) is 13.0. The minimum atomic E-state index is -5.05. The van der Waals surface area contributed by atoms with Crippen molar-refractivity contribution in [1.82, 2.24) is 5.32 Å². The van der Waals surface area contributed by atoms with E-state index in [4.69, 9.17) is 52.3 Å². The van der Waals surface area contributed by atoms with E-state index in [9.17, 15) is 28.2 Å². The van der Waals surface area contributed by atoms with Gasteiger partial charge in [0.05, 0.1) is 45.3 Å². The molecule has 6 atom stereocenters. The highest BCUT2D eigenvalue weighted by Crippen LogP contribution is 2.36. The molecular formula is C35H44FN5O16S. The van der Waals surface area contributed by atoms with Gasteiger partial charge in [0.25, 0.3) is 5.91 Å². The smallest absolute Gasteiger partial charge is 0.382 e. The maximum absolute atomic E-state index is 15.6. The third-order valence-electron chi connectivity index (χ3n) is 7.24. The van der Waals surface area contributed by atoms with Gasteiger partial charge in [0, 0.05) is 51.3 Å². The Bertz CT molecular complexity index is 1880. The summed E-state index contributed by atoms with van der Waals surface area (Å²) in [6, 6.07) is 10.7. The molecule has 1 aliphatic rings. The number of ether oxygens (including phenoxy) is 9. The van der Waals surface area contributed by atoms with Crippen molar-refractivity contribution in [3.05, 3.63) is 64.5 Å². The van der Waals surface area contributed by atoms with E-state index in [1.54, 1.807) is 6.07 Å². The fourth-order valence-electron chi connectivity index (χ4n) is 5.00. The van der Waals surface area contributed by atoms with E-state index >= 15 is 3.89 Å². The molecule has 0 aromatic heterocycles. The van der Waals surface area contributed by atoms with Crippen LogP contribution in [-0.2, 0) is 67.5 Å². The summed E-state index contributed by atoms with van der Waals surface area (Å²) < 4.78 is 86.7. The summed E-state index contributed by atoms with van der Waals surface area (Å²) in [5, 5.41) is 5.96. The Morgan fingerprint density at radius 2 is 1.40 bits per heavy atom. The van der Waals surface area contributed by atoms with Crippen LogP contribution in [0.4, 0.5) is 9.57 Å². The van der Waals surface area contributed by atoms with Crippen LogP contribution in [-0.4, -0.2) is 124 Å². The summed E-state index contributed by atoms with van der Waals surface area (Å²) in [5.41, 5.74) is 8.06. The lowest BCUT2D eigenvalue weighted by Crippen LogP contribution is -2.63. The van der Waals surface area contributed by atoms with Crippen LogP contribution in [0.25, 0.3) is 10.4 Å². The van der Waals surface area contributed by atoms with Crippen LogP contribution in [0, 0.1) is 0 Å². The van der Waals surface area contributed by atoms with Crippen molar-refractivity contribution >= 4 is 45.9 Å². The number of hydrogen-bond acceptors (Lipinski definition) is 18. The van der Waals surface area contributed by atoms with Gasteiger partial charge in [-0.1, -0.05) is 27.2 Å². The standard InChI is InChI=1S/C35H44FN5O16S/c1-22(42)51-21-30-31(52-23(2)43)32(53-24(3)44)33(54-25(4)45)35(56-30)55-28-11-10-26(20-29(28)57-58(36,47)40-27-8-6-5-7-9-27)34(46)38-12-14-48-16-18-50-19-17-49-15-13-39-41-37/h5-11,20,30-33,35H,12-19,21H2,1-4H3,(H,38,46)/t30-,31+,32+,33-,35?,58?/m1/s1. The Labute approximate surface area is 332 Å². The SMILES string of the molecule is CC(=O)OC[C@H]1OC(Oc2ccc(C(=O)NCCOCCOCCOCCN=[N+]=[N-])cc2OS(=O)(F)=Nc2ccccc2)[C@H](OC(C)=O)[C@@H](OC(C)=O)[C@H]1OC(C)=O. The first kappa shape index (κ1) is 46.8. The van der Waals surface area contributed by atoms with Crippen LogP contribution in [0.5, 0.6) is 11.5 Å². The maximum atomic E-state index is 15.6. The fraction of sp³-hybridized carbons (Fsp3) is 0.514. The van der Waals surface area contributed by atoms with E-state index in [0.717, 1.165) is 39.8 Å². The molecule has 58 heavy (non-hydrogen) atoms. The molecule has 1 amide bonds. The molecule has 23 heteroatoms. The van der Waals surface area contributed by atoms with E-state index in [0.29, 0.717) is 6.61 Å². The molecule has 318 valence electrons. The fourth-order valence-corrected chi connectivity index (χ4v) is 5.76. The van der Waals surface area contributed by atoms with E-state index in [1.165, 1.54) is 30.3 Å². The minimum absolute atomic E-state index is 0.0315. The lowest BCUT2D eigenvalue weighted by Gasteiger charge is -2.43. The van der Waals surface area contributed by atoms with Crippen molar-refractivity contribution in [2.75, 3.05) is 59.3 Å². The summed E-state index contributed by atoms with van der Waals surface area (Å²) >= 11 is 0. The van der Waals surface area contributed by atoms with Crippen molar-refractivity contribution in [3.8, 4) is 11.5 Å². The van der Waals surface area contributed by atoms with Gasteiger partial charge in [0.15, 0.2) is 23.7 Å². The quantitative estimate of drug-likeness (QED) is 0.0320. The number of nitrogens with zero attached hydrogens (tertiary/aromatic N) is 4. The summed E-state index contributed by atoms with van der Waals surface area (Å²) in [6.45, 7) is 5.26. The zero-order valence-electron chi connectivity index (χ0n) is 32.0. The summed E-state index contributed by atoms with van der Waals surface area (Å²) in [4.78, 5) is 64.1. The van der Waals surface area contributed by atoms with Crippen LogP contribution >= 0.6 is 0 Å². The molecule has 1 fully saturated rings. The zero-order chi connectivity index (χ0) is 42.5. The molecular weight excluding hydrogens is 797 g/mol. The first-order chi connectivity index (χ1) is 27.7. The molecule has 0 radical (unpaired) electrons. The zero-order valence-corrected chi connectivity index (χ0v) is 32.8. The van der Waals surface area contributed by atoms with E-state index in [1.807, 2.05) is 0 Å². The average Bonchev–Trinajstić information content (AvgIpc) is 3.15. The number of carbonyl (C=O) groups excluding carboxylic acids is 5. The van der Waals surface area contributed by atoms with Gasteiger partial charge < -0.3 is 52.1 Å². The predicted molar refractivity (Wildman–Crippen MR) is 196 cm³/mol. The largest absolute Gasteiger partial charge is 0.463 e. The molecule has 0 aliphatic carbocycles. The number of rotatable bonds is 23. The molecule has 0 bridgehead atoms. The highest BCUT2D eigenvalue weighted by Gasteiger charge is 2.53. The molecule has 2 aromatic rings. The predicted octanol–water partition coefficient (Wildman–Crippen LogP) is 3.22. The van der Waals surface area contributed by atoms with Crippen molar-refractivity contribution in [3.63, 3.8) is 0 Å². The number of nitrogens with one attached hydrogen (secondary N) is 1. The first-order valence-electron chi connectivity index (χ1n) is 17.5. The second-order valence-electron chi connectivity index (χ2n) is 11.8. The third kappa shape index (κ3) is 16.9. The van der Waals surface area contributed by atoms with Gasteiger partial charge >= 0.3 is 34.3 Å². The molecule has 2 unspecified atom stereocenters. The Morgan fingerprint density at radius 3 is 2.02 bits per heavy atom. The van der Waals surface area contributed by atoms with Gasteiger partial charge in [-0.05, 0) is 35.9 Å². The number of carbonyl (C=O) groups is 5. The number of azide groups is 1. The third-order valence-corrected chi connectivity index (χ3v) is 8.05. The molecule has 0 saturated carbocycles. The van der Waals surface area contributed by atoms with Gasteiger partial charge in [0.1, 0.15) is 12.7 Å². The van der Waals surface area contributed by atoms with Gasteiger partial charge in [-0.25, -0.2) is 0 Å².